The summed E-state index contributed by atoms with van der Waals surface area (Å²) in [5, 5.41) is 2.99. The molecule has 15 heavy (non-hydrogen) atoms. The van der Waals surface area contributed by atoms with Gasteiger partial charge in [-0.3, -0.25) is 4.79 Å². The Morgan fingerprint density at radius 3 is 2.87 bits per heavy atom. The highest BCUT2D eigenvalue weighted by atomic mass is 79.9. The first-order valence-corrected chi connectivity index (χ1v) is 6.21. The minimum atomic E-state index is -0.0300. The summed E-state index contributed by atoms with van der Waals surface area (Å²) in [5.74, 6) is -0.0300. The van der Waals surface area contributed by atoms with Crippen molar-refractivity contribution >= 4 is 21.8 Å². The van der Waals surface area contributed by atoms with Crippen molar-refractivity contribution in [1.82, 2.24) is 5.32 Å². The van der Waals surface area contributed by atoms with E-state index >= 15 is 0 Å². The number of carbonyl (C=O) groups excluding carboxylic acids is 1. The first-order chi connectivity index (χ1) is 7.18. The molecule has 0 spiro atoms. The number of amides is 1. The number of carbonyl (C=O) groups is 1. The molecule has 2 rings (SSSR count). The average molecular weight is 271 g/mol. The normalized spacial score (nSPS) is 26.3. The van der Waals surface area contributed by atoms with Gasteiger partial charge >= 0.3 is 0 Å². The zero-order chi connectivity index (χ0) is 10.8. The van der Waals surface area contributed by atoms with Crippen LogP contribution >= 0.6 is 15.9 Å². The van der Waals surface area contributed by atoms with E-state index in [9.17, 15) is 4.79 Å². The number of nitrogens with two attached hydrogens (primary N) is 1. The van der Waals surface area contributed by atoms with E-state index in [0.717, 1.165) is 19.3 Å². The second-order valence-corrected chi connectivity index (χ2v) is 5.18. The Kier molecular flexibility index (Phi) is 3.14. The lowest BCUT2D eigenvalue weighted by Crippen LogP contribution is -2.41. The van der Waals surface area contributed by atoms with Crippen molar-refractivity contribution in [1.29, 1.82) is 0 Å². The number of allylic oxidation sites excluding steroid dienone is 2. The van der Waals surface area contributed by atoms with Crippen LogP contribution in [0.5, 0.6) is 0 Å². The van der Waals surface area contributed by atoms with E-state index < -0.39 is 0 Å². The van der Waals surface area contributed by atoms with Crippen molar-refractivity contribution in [2.75, 3.05) is 0 Å². The molecule has 0 bridgehead atoms. The van der Waals surface area contributed by atoms with Crippen LogP contribution in [0.2, 0.25) is 0 Å². The van der Waals surface area contributed by atoms with Gasteiger partial charge in [-0.2, -0.15) is 0 Å². The lowest BCUT2D eigenvalue weighted by Gasteiger charge is -2.27. The molecule has 1 atom stereocenters. The minimum Gasteiger partial charge on any atom is -0.400 e. The van der Waals surface area contributed by atoms with Gasteiger partial charge in [-0.15, -0.1) is 0 Å². The number of hydrogen-bond donors (Lipinski definition) is 2. The molecule has 3 nitrogen and oxygen atoms in total. The lowest BCUT2D eigenvalue weighted by molar-refractivity contribution is -0.118. The summed E-state index contributed by atoms with van der Waals surface area (Å²) in [4.78, 5) is 11.9. The molecule has 1 fully saturated rings. The van der Waals surface area contributed by atoms with Gasteiger partial charge in [0.05, 0.1) is 10.4 Å². The molecule has 0 aliphatic heterocycles. The van der Waals surface area contributed by atoms with Crippen LogP contribution in [0.4, 0.5) is 0 Å². The van der Waals surface area contributed by atoms with Crippen LogP contribution in [0.15, 0.2) is 23.4 Å². The van der Waals surface area contributed by atoms with Gasteiger partial charge in [-0.05, 0) is 25.7 Å². The summed E-state index contributed by atoms with van der Waals surface area (Å²) in [6.45, 7) is 0. The third-order valence-corrected chi connectivity index (χ3v) is 3.83. The number of rotatable bonds is 2. The lowest BCUT2D eigenvalue weighted by atomic mass is 9.92. The summed E-state index contributed by atoms with van der Waals surface area (Å²) in [6, 6.07) is 0.363. The van der Waals surface area contributed by atoms with E-state index in [1.807, 2.05) is 12.2 Å². The van der Waals surface area contributed by atoms with Gasteiger partial charge in [0.25, 0.3) is 5.91 Å². The van der Waals surface area contributed by atoms with Crippen LogP contribution in [0.1, 0.15) is 25.7 Å². The summed E-state index contributed by atoms with van der Waals surface area (Å²) >= 11 is 3.45. The fraction of sp³-hybridized carbons (Fsp3) is 0.545. The first kappa shape index (κ1) is 10.7. The zero-order valence-corrected chi connectivity index (χ0v) is 10.1. The highest BCUT2D eigenvalue weighted by Crippen LogP contribution is 2.23. The van der Waals surface area contributed by atoms with Crippen molar-refractivity contribution in [2.24, 2.45) is 5.73 Å². The quantitative estimate of drug-likeness (QED) is 0.749. The molecule has 0 aromatic carbocycles. The average Bonchev–Trinajstić information content (AvgIpc) is 2.15. The van der Waals surface area contributed by atoms with Crippen molar-refractivity contribution in [3.8, 4) is 0 Å². The van der Waals surface area contributed by atoms with Crippen molar-refractivity contribution in [3.05, 3.63) is 23.4 Å². The monoisotopic (exact) mass is 270 g/mol. The fourth-order valence-corrected chi connectivity index (χ4v) is 2.18. The Morgan fingerprint density at radius 2 is 2.27 bits per heavy atom. The summed E-state index contributed by atoms with van der Waals surface area (Å²) in [6.07, 6.45) is 8.07. The number of nitrogens with one attached hydrogen (secondary N) is 1. The molecule has 2 aliphatic carbocycles. The van der Waals surface area contributed by atoms with Crippen molar-refractivity contribution in [2.45, 2.75) is 36.6 Å². The molecule has 1 unspecified atom stereocenters. The summed E-state index contributed by atoms with van der Waals surface area (Å²) in [7, 11) is 0. The molecule has 82 valence electrons. The molecule has 2 aliphatic rings. The number of halogens is 1. The maximum absolute atomic E-state index is 11.8. The molecule has 1 amide bonds. The maximum Gasteiger partial charge on any atom is 0.253 e. The van der Waals surface area contributed by atoms with Gasteiger partial charge in [-0.1, -0.05) is 28.1 Å². The fourth-order valence-electron chi connectivity index (χ4n) is 1.72. The first-order valence-electron chi connectivity index (χ1n) is 5.29. The van der Waals surface area contributed by atoms with Crippen molar-refractivity contribution in [3.63, 3.8) is 0 Å². The Balaban J connectivity index is 2.04. The maximum atomic E-state index is 11.8. The Morgan fingerprint density at radius 1 is 1.53 bits per heavy atom. The predicted molar refractivity (Wildman–Crippen MR) is 63.5 cm³/mol. The highest BCUT2D eigenvalue weighted by Gasteiger charge is 2.24. The van der Waals surface area contributed by atoms with Gasteiger partial charge in [0, 0.05) is 11.7 Å². The van der Waals surface area contributed by atoms with Crippen LogP contribution in [-0.4, -0.2) is 16.8 Å². The van der Waals surface area contributed by atoms with Crippen molar-refractivity contribution < 1.29 is 4.79 Å². The smallest absolute Gasteiger partial charge is 0.253 e. The van der Waals surface area contributed by atoms with Gasteiger partial charge in [0.2, 0.25) is 0 Å². The van der Waals surface area contributed by atoms with Gasteiger partial charge < -0.3 is 11.1 Å². The van der Waals surface area contributed by atoms with Crippen LogP contribution in [0.3, 0.4) is 0 Å². The van der Waals surface area contributed by atoms with E-state index in [0.29, 0.717) is 17.3 Å². The predicted octanol–water partition coefficient (Wildman–Crippen LogP) is 1.59. The minimum absolute atomic E-state index is 0.0300. The number of alkyl halides is 1. The van der Waals surface area contributed by atoms with Crippen LogP contribution in [-0.2, 0) is 4.79 Å². The topological polar surface area (TPSA) is 55.1 Å². The third-order valence-electron chi connectivity index (χ3n) is 2.96. The van der Waals surface area contributed by atoms with E-state index in [1.165, 1.54) is 6.42 Å². The Hall–Kier alpha value is -0.770. The number of hydrogen-bond acceptors (Lipinski definition) is 2. The molecule has 0 aromatic heterocycles. The van der Waals surface area contributed by atoms with Gasteiger partial charge in [0.1, 0.15) is 0 Å². The Labute approximate surface area is 97.9 Å². The second kappa shape index (κ2) is 4.39. The molecule has 0 aromatic rings. The molecule has 3 N–H and O–H groups in total. The van der Waals surface area contributed by atoms with E-state index in [-0.39, 0.29) is 10.7 Å². The molecule has 0 heterocycles. The summed E-state index contributed by atoms with van der Waals surface area (Å²) < 4.78 is 0. The van der Waals surface area contributed by atoms with Gasteiger partial charge in [-0.25, -0.2) is 0 Å². The van der Waals surface area contributed by atoms with Crippen LogP contribution in [0.25, 0.3) is 0 Å². The van der Waals surface area contributed by atoms with Gasteiger partial charge in [0.15, 0.2) is 0 Å². The summed E-state index contributed by atoms with van der Waals surface area (Å²) in [5.41, 5.74) is 7.15. The Bertz CT molecular complexity index is 331. The van der Waals surface area contributed by atoms with E-state index in [2.05, 4.69) is 21.2 Å². The molecule has 1 saturated carbocycles. The second-order valence-electron chi connectivity index (χ2n) is 4.08. The SMILES string of the molecule is NC1=C(C(=O)NC2CCC2)C=CCC1Br. The largest absolute Gasteiger partial charge is 0.400 e. The molecule has 0 radical (unpaired) electrons. The molecule has 4 heteroatoms. The molecular formula is C11H15BrN2O. The molecular weight excluding hydrogens is 256 g/mol. The highest BCUT2D eigenvalue weighted by molar-refractivity contribution is 9.09. The zero-order valence-electron chi connectivity index (χ0n) is 8.50. The van der Waals surface area contributed by atoms with E-state index in [4.69, 9.17) is 5.73 Å². The molecule has 0 saturated heterocycles. The van der Waals surface area contributed by atoms with Crippen LogP contribution in [0, 0.1) is 0 Å². The van der Waals surface area contributed by atoms with Crippen LogP contribution < -0.4 is 11.1 Å². The van der Waals surface area contributed by atoms with E-state index in [1.54, 1.807) is 0 Å². The third kappa shape index (κ3) is 2.25. The standard InChI is InChI=1S/C11H15BrN2O/c12-9-6-2-5-8(10(9)13)11(15)14-7-3-1-4-7/h2,5,7,9H,1,3-4,6,13H2,(H,14,15).